The number of aromatic nitrogens is 1. The van der Waals surface area contributed by atoms with E-state index in [1.54, 1.807) is 7.11 Å². The van der Waals surface area contributed by atoms with Crippen molar-refractivity contribution in [2.24, 2.45) is 5.92 Å². The molecule has 0 unspecified atom stereocenters. The summed E-state index contributed by atoms with van der Waals surface area (Å²) < 4.78 is 5.26. The van der Waals surface area contributed by atoms with Gasteiger partial charge < -0.3 is 25.0 Å². The molecule has 0 saturated heterocycles. The van der Waals surface area contributed by atoms with Crippen LogP contribution >= 0.6 is 12.2 Å². The second-order valence-corrected chi connectivity index (χ2v) is 7.04. The molecule has 0 aliphatic rings. The van der Waals surface area contributed by atoms with Crippen molar-refractivity contribution in [3.63, 3.8) is 0 Å². The van der Waals surface area contributed by atoms with Crippen LogP contribution in [0, 0.1) is 5.92 Å². The Hall–Kier alpha value is -2.12. The lowest BCUT2D eigenvalue weighted by atomic mass is 10.1. The first-order valence-electron chi connectivity index (χ1n) is 8.78. The summed E-state index contributed by atoms with van der Waals surface area (Å²) in [5.74, 6) is 1.20. The molecule has 0 amide bonds. The number of aromatic amines is 1. The lowest BCUT2D eigenvalue weighted by Gasteiger charge is -2.26. The van der Waals surface area contributed by atoms with Crippen LogP contribution in [0.3, 0.4) is 0 Å². The van der Waals surface area contributed by atoms with E-state index in [1.807, 2.05) is 29.2 Å². The van der Waals surface area contributed by atoms with Gasteiger partial charge in [0.2, 0.25) is 0 Å². The number of benzene rings is 1. The van der Waals surface area contributed by atoms with E-state index in [-0.39, 0.29) is 12.2 Å². The number of aliphatic hydroxyl groups excluding tert-OH is 1. The Kier molecular flexibility index (Phi) is 7.41. The van der Waals surface area contributed by atoms with Gasteiger partial charge in [0.25, 0.3) is 5.56 Å². The number of hydrogen-bond acceptors (Lipinski definition) is 4. The maximum absolute atomic E-state index is 12.5. The minimum Gasteiger partial charge on any atom is -0.497 e. The van der Waals surface area contributed by atoms with Crippen molar-refractivity contribution in [3.05, 3.63) is 40.2 Å². The van der Waals surface area contributed by atoms with E-state index in [4.69, 9.17) is 22.1 Å². The van der Waals surface area contributed by atoms with Gasteiger partial charge in [-0.25, -0.2) is 0 Å². The smallest absolute Gasteiger partial charge is 0.253 e. The Morgan fingerprint density at radius 1 is 1.38 bits per heavy atom. The molecule has 0 spiro atoms. The number of H-pyrrole nitrogens is 1. The first-order chi connectivity index (χ1) is 12.4. The molecule has 0 aliphatic carbocycles. The van der Waals surface area contributed by atoms with E-state index < -0.39 is 0 Å². The zero-order chi connectivity index (χ0) is 19.1. The topological polar surface area (TPSA) is 77.6 Å². The van der Waals surface area contributed by atoms with Gasteiger partial charge in [0.15, 0.2) is 5.11 Å². The zero-order valence-corrected chi connectivity index (χ0v) is 16.4. The molecule has 2 rings (SSSR count). The molecule has 142 valence electrons. The van der Waals surface area contributed by atoms with Crippen molar-refractivity contribution >= 4 is 28.2 Å². The van der Waals surface area contributed by atoms with Crippen LogP contribution in [0.4, 0.5) is 0 Å². The molecular formula is C19H27N3O3S. The van der Waals surface area contributed by atoms with Gasteiger partial charge in [-0.05, 0) is 48.8 Å². The average Bonchev–Trinajstić information content (AvgIpc) is 2.62. The molecule has 0 bridgehead atoms. The molecule has 0 fully saturated rings. The number of hydrogen-bond donors (Lipinski definition) is 3. The largest absolute Gasteiger partial charge is 0.497 e. The van der Waals surface area contributed by atoms with Crippen molar-refractivity contribution in [3.8, 4) is 5.75 Å². The lowest BCUT2D eigenvalue weighted by molar-refractivity contribution is 0.264. The van der Waals surface area contributed by atoms with E-state index in [2.05, 4.69) is 24.1 Å². The molecule has 1 aromatic carbocycles. The maximum Gasteiger partial charge on any atom is 0.253 e. The second-order valence-electron chi connectivity index (χ2n) is 6.66. The van der Waals surface area contributed by atoms with Gasteiger partial charge in [0.1, 0.15) is 5.75 Å². The fourth-order valence-electron chi connectivity index (χ4n) is 2.60. The highest BCUT2D eigenvalue weighted by atomic mass is 32.1. The van der Waals surface area contributed by atoms with Crippen molar-refractivity contribution < 1.29 is 9.84 Å². The number of fused-ring (bicyclic) bond motifs is 1. The highest BCUT2D eigenvalue weighted by Gasteiger charge is 2.13. The number of thiocarbonyl (C=S) groups is 1. The molecule has 26 heavy (non-hydrogen) atoms. The van der Waals surface area contributed by atoms with E-state index in [1.165, 1.54) is 0 Å². The van der Waals surface area contributed by atoms with Crippen molar-refractivity contribution in [2.45, 2.75) is 26.8 Å². The highest BCUT2D eigenvalue weighted by Crippen LogP contribution is 2.19. The number of nitrogens with zero attached hydrogens (tertiary/aromatic N) is 1. The summed E-state index contributed by atoms with van der Waals surface area (Å²) in [5, 5.41) is 13.9. The molecule has 6 nitrogen and oxygen atoms in total. The van der Waals surface area contributed by atoms with Crippen LogP contribution in [-0.4, -0.2) is 46.9 Å². The monoisotopic (exact) mass is 377 g/mol. The van der Waals surface area contributed by atoms with Gasteiger partial charge in [0.05, 0.1) is 13.7 Å². The summed E-state index contributed by atoms with van der Waals surface area (Å²) in [7, 11) is 1.61. The molecule has 1 heterocycles. The van der Waals surface area contributed by atoms with Gasteiger partial charge in [-0.1, -0.05) is 13.8 Å². The number of nitrogens with one attached hydrogen (secondary N) is 2. The second kappa shape index (κ2) is 9.54. The summed E-state index contributed by atoms with van der Waals surface area (Å²) in [6, 6.07) is 7.41. The van der Waals surface area contributed by atoms with Gasteiger partial charge in [-0.2, -0.15) is 0 Å². The van der Waals surface area contributed by atoms with Gasteiger partial charge in [0, 0.05) is 36.2 Å². The number of methoxy groups -OCH3 is 1. The summed E-state index contributed by atoms with van der Waals surface area (Å²) in [6.07, 6.45) is 0.586. The molecule has 0 saturated carbocycles. The van der Waals surface area contributed by atoms with Crippen LogP contribution in [-0.2, 0) is 6.54 Å². The normalized spacial score (nSPS) is 11.0. The van der Waals surface area contributed by atoms with Crippen molar-refractivity contribution in [1.82, 2.24) is 15.2 Å². The Morgan fingerprint density at radius 3 is 2.81 bits per heavy atom. The quantitative estimate of drug-likeness (QED) is 0.613. The van der Waals surface area contributed by atoms with Crippen LogP contribution in [0.25, 0.3) is 10.9 Å². The lowest BCUT2D eigenvalue weighted by Crippen LogP contribution is -2.42. The van der Waals surface area contributed by atoms with Gasteiger partial charge >= 0.3 is 0 Å². The summed E-state index contributed by atoms with van der Waals surface area (Å²) in [6.45, 7) is 6.01. The molecule has 2 aromatic rings. The van der Waals surface area contributed by atoms with Gasteiger partial charge in [-0.15, -0.1) is 0 Å². The Bertz CT molecular complexity index is 804. The molecule has 0 aliphatic heterocycles. The first kappa shape index (κ1) is 20.2. The fraction of sp³-hybridized carbons (Fsp3) is 0.474. The predicted octanol–water partition coefficient (Wildman–Crippen LogP) is 2.25. The third-order valence-electron chi connectivity index (χ3n) is 4.02. The molecule has 1 aromatic heterocycles. The minimum atomic E-state index is -0.136. The molecule has 7 heteroatoms. The van der Waals surface area contributed by atoms with E-state index in [0.29, 0.717) is 36.1 Å². The van der Waals surface area contributed by atoms with Crippen molar-refractivity contribution in [2.75, 3.05) is 26.8 Å². The van der Waals surface area contributed by atoms with E-state index in [9.17, 15) is 4.79 Å². The van der Waals surface area contributed by atoms with Crippen LogP contribution in [0.2, 0.25) is 0 Å². The van der Waals surface area contributed by atoms with E-state index >= 15 is 0 Å². The minimum absolute atomic E-state index is 0.0779. The standard InChI is InChI=1S/C19H27N3O3S/c1-13(2)11-20-19(26)22(7-4-8-23)12-15-9-14-10-16(25-3)5-6-17(14)21-18(15)24/h5-6,9-10,13,23H,4,7-8,11-12H2,1-3H3,(H,20,26)(H,21,24). The Balaban J connectivity index is 2.26. The summed E-state index contributed by atoms with van der Waals surface area (Å²) in [4.78, 5) is 17.3. The van der Waals surface area contributed by atoms with E-state index in [0.717, 1.165) is 23.2 Å². The number of rotatable bonds is 8. The van der Waals surface area contributed by atoms with Crippen LogP contribution in [0.1, 0.15) is 25.8 Å². The number of pyridine rings is 1. The zero-order valence-electron chi connectivity index (χ0n) is 15.5. The van der Waals surface area contributed by atoms with Crippen LogP contribution < -0.4 is 15.6 Å². The molecular weight excluding hydrogens is 350 g/mol. The average molecular weight is 378 g/mol. The fourth-order valence-corrected chi connectivity index (χ4v) is 2.84. The Labute approximate surface area is 159 Å². The maximum atomic E-state index is 12.5. The van der Waals surface area contributed by atoms with Crippen LogP contribution in [0.5, 0.6) is 5.75 Å². The summed E-state index contributed by atoms with van der Waals surface area (Å²) >= 11 is 5.49. The number of aliphatic hydroxyl groups is 1. The van der Waals surface area contributed by atoms with Crippen molar-refractivity contribution in [1.29, 1.82) is 0 Å². The molecule has 3 N–H and O–H groups in total. The molecule has 0 radical (unpaired) electrons. The van der Waals surface area contributed by atoms with Gasteiger partial charge in [-0.3, -0.25) is 4.79 Å². The third kappa shape index (κ3) is 5.44. The predicted molar refractivity (Wildman–Crippen MR) is 109 cm³/mol. The third-order valence-corrected chi connectivity index (χ3v) is 4.43. The Morgan fingerprint density at radius 2 is 2.15 bits per heavy atom. The highest BCUT2D eigenvalue weighted by molar-refractivity contribution is 7.80. The molecule has 0 atom stereocenters. The summed E-state index contributed by atoms with van der Waals surface area (Å²) in [5.41, 5.74) is 1.25. The van der Waals surface area contributed by atoms with Crippen LogP contribution in [0.15, 0.2) is 29.1 Å². The first-order valence-corrected chi connectivity index (χ1v) is 9.19. The number of ether oxygens (including phenoxy) is 1. The SMILES string of the molecule is COc1ccc2[nH]c(=O)c(CN(CCCO)C(=S)NCC(C)C)cc2c1.